The van der Waals surface area contributed by atoms with E-state index in [-0.39, 0.29) is 23.8 Å². The van der Waals surface area contributed by atoms with Crippen molar-refractivity contribution >= 4 is 16.9 Å². The molecule has 2 heterocycles. The van der Waals surface area contributed by atoms with Crippen molar-refractivity contribution < 1.29 is 24.2 Å². The summed E-state index contributed by atoms with van der Waals surface area (Å²) < 4.78 is 11.4. The number of aliphatic hydroxyl groups excluding tert-OH is 1. The molecule has 7 heteroatoms. The first-order valence-corrected chi connectivity index (χ1v) is 12.8. The zero-order valence-electron chi connectivity index (χ0n) is 20.5. The van der Waals surface area contributed by atoms with Crippen molar-refractivity contribution in [1.29, 1.82) is 0 Å². The van der Waals surface area contributed by atoms with Gasteiger partial charge in [0.1, 0.15) is 11.3 Å². The lowest BCUT2D eigenvalue weighted by atomic mass is 9.73. The van der Waals surface area contributed by atoms with E-state index >= 15 is 0 Å². The van der Waals surface area contributed by atoms with Gasteiger partial charge in [-0.3, -0.25) is 4.79 Å². The average Bonchev–Trinajstić information content (AvgIpc) is 3.43. The van der Waals surface area contributed by atoms with E-state index < -0.39 is 11.7 Å². The number of para-hydroxylation sites is 1. The Bertz CT molecular complexity index is 965. The highest BCUT2D eigenvalue weighted by Gasteiger charge is 2.44. The van der Waals surface area contributed by atoms with Crippen LogP contribution >= 0.6 is 0 Å². The molecule has 2 fully saturated rings. The summed E-state index contributed by atoms with van der Waals surface area (Å²) >= 11 is 0. The molecule has 1 aliphatic carbocycles. The Labute approximate surface area is 202 Å². The van der Waals surface area contributed by atoms with Gasteiger partial charge in [-0.2, -0.15) is 0 Å². The molecule has 34 heavy (non-hydrogen) atoms. The van der Waals surface area contributed by atoms with Crippen LogP contribution in [0.4, 0.5) is 0 Å². The van der Waals surface area contributed by atoms with Crippen LogP contribution < -0.4 is 5.73 Å². The van der Waals surface area contributed by atoms with Crippen LogP contribution in [0.5, 0.6) is 0 Å². The van der Waals surface area contributed by atoms with Gasteiger partial charge in [0.05, 0.1) is 11.7 Å². The van der Waals surface area contributed by atoms with Gasteiger partial charge in [0.2, 0.25) is 5.91 Å². The summed E-state index contributed by atoms with van der Waals surface area (Å²) in [6, 6.07) is 7.71. The van der Waals surface area contributed by atoms with Gasteiger partial charge in [0.15, 0.2) is 0 Å². The summed E-state index contributed by atoms with van der Waals surface area (Å²) in [6.07, 6.45) is 5.07. The molecule has 1 aromatic carbocycles. The molecule has 1 amide bonds. The minimum absolute atomic E-state index is 0.0582. The first-order chi connectivity index (χ1) is 16.4. The second-order valence-electron chi connectivity index (χ2n) is 10.2. The Hall–Kier alpha value is -1.93. The smallest absolute Gasteiger partial charge is 0.225 e. The van der Waals surface area contributed by atoms with Crippen LogP contribution in [0, 0.1) is 11.8 Å². The molecular formula is C27H40N2O5. The number of likely N-dealkylation sites (tertiary alicyclic amines) is 1. The number of rotatable bonds is 9. The third-order valence-corrected chi connectivity index (χ3v) is 7.90. The lowest BCUT2D eigenvalue weighted by Gasteiger charge is -2.43. The van der Waals surface area contributed by atoms with Gasteiger partial charge in [-0.05, 0) is 51.0 Å². The number of benzene rings is 1. The van der Waals surface area contributed by atoms with Gasteiger partial charge in [-0.1, -0.05) is 25.1 Å². The average molecular weight is 473 g/mol. The monoisotopic (exact) mass is 472 g/mol. The Morgan fingerprint density at radius 1 is 1.32 bits per heavy atom. The lowest BCUT2D eigenvalue weighted by molar-refractivity contribution is -0.141. The van der Waals surface area contributed by atoms with Crippen molar-refractivity contribution in [3.8, 4) is 0 Å². The number of amides is 1. The Balaban J connectivity index is 1.61. The molecule has 1 unspecified atom stereocenters. The number of methoxy groups -OCH3 is 1. The van der Waals surface area contributed by atoms with E-state index in [1.807, 2.05) is 23.1 Å². The summed E-state index contributed by atoms with van der Waals surface area (Å²) in [5, 5.41) is 23.4. The number of ether oxygens (including phenoxy) is 1. The SMILES string of the molecule is CCc1cc2cccc([C@](O)(CCCCOC)C3CCCN(C(=O)[C@H]4C[C@@H](N)[C@@H](O)C4)C3)c2o1. The van der Waals surface area contributed by atoms with Gasteiger partial charge in [0, 0.05) is 62.1 Å². The van der Waals surface area contributed by atoms with Gasteiger partial charge in [0.25, 0.3) is 0 Å². The minimum atomic E-state index is -1.11. The number of aryl methyl sites for hydroxylation is 1. The fraction of sp³-hybridized carbons (Fsp3) is 0.667. The van der Waals surface area contributed by atoms with Crippen molar-refractivity contribution in [3.05, 3.63) is 35.6 Å². The van der Waals surface area contributed by atoms with Crippen LogP contribution in [0.3, 0.4) is 0 Å². The number of furan rings is 1. The second-order valence-corrected chi connectivity index (χ2v) is 10.2. The van der Waals surface area contributed by atoms with Gasteiger partial charge < -0.3 is 30.0 Å². The molecule has 7 nitrogen and oxygen atoms in total. The summed E-state index contributed by atoms with van der Waals surface area (Å²) in [5.41, 5.74) is 6.43. The highest BCUT2D eigenvalue weighted by atomic mass is 16.5. The Morgan fingerprint density at radius 3 is 2.85 bits per heavy atom. The van der Waals surface area contributed by atoms with Crippen LogP contribution in [-0.4, -0.2) is 60.0 Å². The van der Waals surface area contributed by atoms with Crippen molar-refractivity contribution in [2.45, 2.75) is 76.0 Å². The maximum absolute atomic E-state index is 13.3. The third-order valence-electron chi connectivity index (χ3n) is 7.90. The number of hydrogen-bond donors (Lipinski definition) is 3. The molecule has 0 radical (unpaired) electrons. The highest BCUT2D eigenvalue weighted by Crippen LogP contribution is 2.43. The number of piperidine rings is 1. The minimum Gasteiger partial charge on any atom is -0.461 e. The van der Waals surface area contributed by atoms with Crippen molar-refractivity contribution in [2.24, 2.45) is 17.6 Å². The molecule has 1 aliphatic heterocycles. The van der Waals surface area contributed by atoms with E-state index in [9.17, 15) is 15.0 Å². The molecule has 2 aliphatic rings. The Kier molecular flexibility index (Phi) is 7.97. The number of carbonyl (C=O) groups excluding carboxylic acids is 1. The molecule has 5 atom stereocenters. The molecule has 4 rings (SSSR count). The largest absolute Gasteiger partial charge is 0.461 e. The zero-order chi connectivity index (χ0) is 24.3. The number of fused-ring (bicyclic) bond motifs is 1. The van der Waals surface area contributed by atoms with Crippen LogP contribution in [0.2, 0.25) is 0 Å². The van der Waals surface area contributed by atoms with Gasteiger partial charge >= 0.3 is 0 Å². The van der Waals surface area contributed by atoms with Crippen LogP contribution in [0.15, 0.2) is 28.7 Å². The summed E-state index contributed by atoms with van der Waals surface area (Å²) in [6.45, 7) is 3.90. The van der Waals surface area contributed by atoms with E-state index in [1.54, 1.807) is 7.11 Å². The molecule has 4 N–H and O–H groups in total. The second kappa shape index (κ2) is 10.8. The van der Waals surface area contributed by atoms with Gasteiger partial charge in [-0.15, -0.1) is 0 Å². The van der Waals surface area contributed by atoms with Crippen molar-refractivity contribution in [3.63, 3.8) is 0 Å². The molecule has 1 saturated heterocycles. The lowest BCUT2D eigenvalue weighted by Crippen LogP contribution is -2.49. The van der Waals surface area contributed by atoms with E-state index in [0.717, 1.165) is 54.4 Å². The number of carbonyl (C=O) groups is 1. The molecule has 188 valence electrons. The first-order valence-electron chi connectivity index (χ1n) is 12.8. The van der Waals surface area contributed by atoms with E-state index in [2.05, 4.69) is 13.0 Å². The molecule has 1 aromatic heterocycles. The fourth-order valence-electron chi connectivity index (χ4n) is 5.91. The van der Waals surface area contributed by atoms with Gasteiger partial charge in [-0.25, -0.2) is 0 Å². The van der Waals surface area contributed by atoms with Crippen LogP contribution in [0.25, 0.3) is 11.0 Å². The third kappa shape index (κ3) is 5.03. The number of unbranched alkanes of at least 4 members (excludes halogenated alkanes) is 1. The van der Waals surface area contributed by atoms with Crippen molar-refractivity contribution in [2.75, 3.05) is 26.8 Å². The predicted molar refractivity (Wildman–Crippen MR) is 131 cm³/mol. The number of hydrogen-bond acceptors (Lipinski definition) is 6. The maximum Gasteiger partial charge on any atom is 0.225 e. The van der Waals surface area contributed by atoms with E-state index in [0.29, 0.717) is 39.0 Å². The molecule has 2 aromatic rings. The Morgan fingerprint density at radius 2 is 2.15 bits per heavy atom. The summed E-state index contributed by atoms with van der Waals surface area (Å²) in [5.74, 6) is 0.622. The van der Waals surface area contributed by atoms with Crippen molar-refractivity contribution in [1.82, 2.24) is 4.90 Å². The molecule has 0 bridgehead atoms. The molecular weight excluding hydrogens is 432 g/mol. The summed E-state index contributed by atoms with van der Waals surface area (Å²) in [4.78, 5) is 15.2. The normalized spacial score (nSPS) is 27.3. The highest BCUT2D eigenvalue weighted by molar-refractivity contribution is 5.82. The van der Waals surface area contributed by atoms with E-state index in [4.69, 9.17) is 14.9 Å². The van der Waals surface area contributed by atoms with E-state index in [1.165, 1.54) is 0 Å². The zero-order valence-corrected chi connectivity index (χ0v) is 20.5. The molecule has 1 saturated carbocycles. The predicted octanol–water partition coefficient (Wildman–Crippen LogP) is 3.34. The fourth-order valence-corrected chi connectivity index (χ4v) is 5.91. The quantitative estimate of drug-likeness (QED) is 0.483. The van der Waals surface area contributed by atoms with Crippen LogP contribution in [0.1, 0.15) is 63.2 Å². The summed E-state index contributed by atoms with van der Waals surface area (Å²) in [7, 11) is 1.69. The number of nitrogens with two attached hydrogens (primary N) is 1. The van der Waals surface area contributed by atoms with Crippen LogP contribution in [-0.2, 0) is 21.6 Å². The standard InChI is InChI=1S/C27H40N2O5/c1-3-21-14-18-8-6-10-22(25(18)34-21)27(32,11-4-5-13-33-2)20-9-7-12-29(17-20)26(31)19-15-23(28)24(30)16-19/h6,8,10,14,19-20,23-24,30,32H,3-5,7,9,11-13,15-17,28H2,1-2H3/t19-,20?,23+,24-,27-/m0/s1. The number of nitrogens with zero attached hydrogens (tertiary/aromatic N) is 1. The first kappa shape index (κ1) is 25.2. The number of aliphatic hydroxyl groups is 2. The maximum atomic E-state index is 13.3. The molecule has 0 spiro atoms. The topological polar surface area (TPSA) is 109 Å².